The van der Waals surface area contributed by atoms with Crippen LogP contribution in [0.2, 0.25) is 5.02 Å². The summed E-state index contributed by atoms with van der Waals surface area (Å²) in [7, 11) is 0. The number of carbonyl (C=O) groups is 1. The molecule has 1 saturated heterocycles. The first-order valence-corrected chi connectivity index (χ1v) is 8.67. The lowest BCUT2D eigenvalue weighted by molar-refractivity contribution is -0.136. The van der Waals surface area contributed by atoms with E-state index in [1.165, 1.54) is 6.07 Å². The van der Waals surface area contributed by atoms with Gasteiger partial charge in [0.2, 0.25) is 5.91 Å². The average molecular weight is 341 g/mol. The monoisotopic (exact) mass is 340 g/mol. The summed E-state index contributed by atoms with van der Waals surface area (Å²) < 4.78 is 13.3. The Balaban J connectivity index is 1.96. The van der Waals surface area contributed by atoms with E-state index in [0.717, 1.165) is 25.1 Å². The van der Waals surface area contributed by atoms with E-state index < -0.39 is 5.82 Å². The zero-order valence-electron chi connectivity index (χ0n) is 14.3. The number of rotatable bonds is 4. The number of likely N-dealkylation sites (tertiary alicyclic amines) is 1. The van der Waals surface area contributed by atoms with Gasteiger partial charge in [-0.3, -0.25) is 4.79 Å². The van der Waals surface area contributed by atoms with E-state index in [-0.39, 0.29) is 22.9 Å². The molecule has 0 aliphatic carbocycles. The van der Waals surface area contributed by atoms with Crippen molar-refractivity contribution in [1.82, 2.24) is 10.2 Å². The molecule has 23 heavy (non-hydrogen) atoms. The molecule has 0 bridgehead atoms. The van der Waals surface area contributed by atoms with Crippen LogP contribution in [0.15, 0.2) is 18.2 Å². The average Bonchev–Trinajstić information content (AvgIpc) is 2.51. The van der Waals surface area contributed by atoms with Gasteiger partial charge >= 0.3 is 0 Å². The number of amides is 1. The Morgan fingerprint density at radius 3 is 2.65 bits per heavy atom. The smallest absolute Gasteiger partial charge is 0.225 e. The summed E-state index contributed by atoms with van der Waals surface area (Å²) in [6, 6.07) is 5.28. The lowest BCUT2D eigenvalue weighted by atomic mass is 9.91. The molecule has 1 aromatic carbocycles. The van der Waals surface area contributed by atoms with Gasteiger partial charge in [-0.25, -0.2) is 4.39 Å². The maximum Gasteiger partial charge on any atom is 0.225 e. The molecule has 5 heteroatoms. The minimum absolute atomic E-state index is 0.0481. The highest BCUT2D eigenvalue weighted by Crippen LogP contribution is 2.24. The maximum atomic E-state index is 13.3. The van der Waals surface area contributed by atoms with Crippen LogP contribution in [0, 0.1) is 17.7 Å². The van der Waals surface area contributed by atoms with Crippen LogP contribution >= 0.6 is 11.6 Å². The van der Waals surface area contributed by atoms with Crippen molar-refractivity contribution in [1.29, 1.82) is 0 Å². The first-order chi connectivity index (χ1) is 10.8. The Kier molecular flexibility index (Phi) is 6.04. The second kappa shape index (κ2) is 7.63. The maximum absolute atomic E-state index is 13.3. The molecule has 1 aliphatic rings. The first-order valence-electron chi connectivity index (χ1n) is 8.29. The number of nitrogens with zero attached hydrogens (tertiary/aromatic N) is 1. The van der Waals surface area contributed by atoms with Crippen LogP contribution in [0.25, 0.3) is 0 Å². The molecular formula is C18H26ClFN2O. The molecule has 128 valence electrons. The molecule has 1 N–H and O–H groups in total. The summed E-state index contributed by atoms with van der Waals surface area (Å²) in [5.41, 5.74) is 0.976. The van der Waals surface area contributed by atoms with Crippen molar-refractivity contribution in [2.24, 2.45) is 11.8 Å². The van der Waals surface area contributed by atoms with Crippen LogP contribution in [-0.4, -0.2) is 29.9 Å². The normalized spacial score (nSPS) is 23.2. The number of nitrogens with one attached hydrogen (secondary N) is 1. The van der Waals surface area contributed by atoms with Crippen molar-refractivity contribution >= 4 is 17.5 Å². The zero-order chi connectivity index (χ0) is 17.1. The fourth-order valence-electron chi connectivity index (χ4n) is 3.16. The molecule has 0 unspecified atom stereocenters. The van der Waals surface area contributed by atoms with E-state index in [1.807, 2.05) is 18.7 Å². The van der Waals surface area contributed by atoms with Gasteiger partial charge in [0.05, 0.1) is 5.02 Å². The van der Waals surface area contributed by atoms with Gasteiger partial charge in [-0.15, -0.1) is 0 Å². The van der Waals surface area contributed by atoms with E-state index in [9.17, 15) is 9.18 Å². The molecule has 3 nitrogen and oxygen atoms in total. The molecule has 0 spiro atoms. The SMILES string of the molecule is CC(C)C(=O)N1CC[C@H](N[C@@H](C)c2ccc(F)c(Cl)c2)[C@@H](C)C1. The summed E-state index contributed by atoms with van der Waals surface area (Å²) in [4.78, 5) is 14.1. The lowest BCUT2D eigenvalue weighted by Gasteiger charge is -2.39. The van der Waals surface area contributed by atoms with E-state index in [4.69, 9.17) is 11.6 Å². The van der Waals surface area contributed by atoms with Gasteiger partial charge in [-0.2, -0.15) is 0 Å². The predicted molar refractivity (Wildman–Crippen MR) is 91.9 cm³/mol. The Bertz CT molecular complexity index is 564. The van der Waals surface area contributed by atoms with E-state index >= 15 is 0 Å². The van der Waals surface area contributed by atoms with Crippen LogP contribution in [0.4, 0.5) is 4.39 Å². The molecule has 0 radical (unpaired) electrons. The highest BCUT2D eigenvalue weighted by atomic mass is 35.5. The van der Waals surface area contributed by atoms with Gasteiger partial charge in [0.1, 0.15) is 5.82 Å². The molecular weight excluding hydrogens is 315 g/mol. The van der Waals surface area contributed by atoms with Crippen LogP contribution in [0.5, 0.6) is 0 Å². The van der Waals surface area contributed by atoms with Crippen molar-refractivity contribution < 1.29 is 9.18 Å². The second-order valence-corrected chi connectivity index (χ2v) is 7.28. The van der Waals surface area contributed by atoms with Gasteiger partial charge in [0.15, 0.2) is 0 Å². The van der Waals surface area contributed by atoms with Crippen LogP contribution < -0.4 is 5.32 Å². The lowest BCUT2D eigenvalue weighted by Crippen LogP contribution is -2.51. The Hall–Kier alpha value is -1.13. The van der Waals surface area contributed by atoms with Crippen molar-refractivity contribution in [3.8, 4) is 0 Å². The molecule has 0 saturated carbocycles. The number of carbonyl (C=O) groups excluding carboxylic acids is 1. The second-order valence-electron chi connectivity index (χ2n) is 6.87. The molecule has 1 aromatic rings. The summed E-state index contributed by atoms with van der Waals surface area (Å²) in [6.45, 7) is 9.68. The third-order valence-corrected chi connectivity index (χ3v) is 4.91. The van der Waals surface area contributed by atoms with Crippen molar-refractivity contribution in [3.63, 3.8) is 0 Å². The minimum atomic E-state index is -0.392. The van der Waals surface area contributed by atoms with Crippen LogP contribution in [0.3, 0.4) is 0 Å². The van der Waals surface area contributed by atoms with Crippen molar-refractivity contribution in [2.75, 3.05) is 13.1 Å². The number of piperidine rings is 1. The molecule has 0 aromatic heterocycles. The number of halogens is 2. The number of hydrogen-bond donors (Lipinski definition) is 1. The van der Waals surface area contributed by atoms with Gasteiger partial charge < -0.3 is 10.2 Å². The minimum Gasteiger partial charge on any atom is -0.342 e. The quantitative estimate of drug-likeness (QED) is 0.897. The van der Waals surface area contributed by atoms with Crippen LogP contribution in [-0.2, 0) is 4.79 Å². The Labute approximate surface area is 143 Å². The molecule has 2 rings (SSSR count). The molecule has 1 fully saturated rings. The molecule has 1 heterocycles. The summed E-state index contributed by atoms with van der Waals surface area (Å²) in [6.07, 6.45) is 0.929. The fraction of sp³-hybridized carbons (Fsp3) is 0.611. The summed E-state index contributed by atoms with van der Waals surface area (Å²) >= 11 is 5.87. The van der Waals surface area contributed by atoms with Crippen molar-refractivity contribution in [3.05, 3.63) is 34.6 Å². The topological polar surface area (TPSA) is 32.3 Å². The van der Waals surface area contributed by atoms with Crippen molar-refractivity contribution in [2.45, 2.75) is 46.2 Å². The van der Waals surface area contributed by atoms with Gasteiger partial charge in [-0.1, -0.05) is 38.4 Å². The third-order valence-electron chi connectivity index (χ3n) is 4.62. The third kappa shape index (κ3) is 4.45. The van der Waals surface area contributed by atoms with E-state index in [2.05, 4.69) is 19.2 Å². The largest absolute Gasteiger partial charge is 0.342 e. The molecule has 3 atom stereocenters. The standard InChI is InChI=1S/C18H26ClFN2O/c1-11(2)18(23)22-8-7-17(12(3)10-22)21-13(4)14-5-6-16(20)15(19)9-14/h5-6,9,11-13,17,21H,7-8,10H2,1-4H3/t12-,13-,17-/m0/s1. The Morgan fingerprint density at radius 2 is 2.09 bits per heavy atom. The number of hydrogen-bond acceptors (Lipinski definition) is 2. The fourth-order valence-corrected chi connectivity index (χ4v) is 3.35. The Morgan fingerprint density at radius 1 is 1.39 bits per heavy atom. The highest BCUT2D eigenvalue weighted by molar-refractivity contribution is 6.30. The zero-order valence-corrected chi connectivity index (χ0v) is 15.0. The van der Waals surface area contributed by atoms with E-state index in [1.54, 1.807) is 12.1 Å². The summed E-state index contributed by atoms with van der Waals surface area (Å²) in [5, 5.41) is 3.76. The first kappa shape index (κ1) is 18.2. The van der Waals surface area contributed by atoms with Gasteiger partial charge in [0, 0.05) is 31.1 Å². The van der Waals surface area contributed by atoms with Gasteiger partial charge in [0.25, 0.3) is 0 Å². The summed E-state index contributed by atoms with van der Waals surface area (Å²) in [5.74, 6) is 0.266. The van der Waals surface area contributed by atoms with Crippen LogP contribution in [0.1, 0.15) is 45.7 Å². The van der Waals surface area contributed by atoms with Gasteiger partial charge in [-0.05, 0) is 37.0 Å². The molecule has 1 amide bonds. The predicted octanol–water partition coefficient (Wildman–Crippen LogP) is 4.02. The highest BCUT2D eigenvalue weighted by Gasteiger charge is 2.30. The number of benzene rings is 1. The van der Waals surface area contributed by atoms with E-state index in [0.29, 0.717) is 12.0 Å². The molecule has 1 aliphatic heterocycles.